The number of imide groups is 1. The lowest BCUT2D eigenvalue weighted by Crippen LogP contribution is -2.40. The fraction of sp³-hybridized carbons (Fsp3) is 0.120. The third kappa shape index (κ3) is 3.82. The van der Waals surface area contributed by atoms with Crippen molar-refractivity contribution in [2.75, 3.05) is 5.32 Å². The molecule has 0 saturated carbocycles. The van der Waals surface area contributed by atoms with Crippen LogP contribution < -0.4 is 10.6 Å². The zero-order chi connectivity index (χ0) is 22.9. The van der Waals surface area contributed by atoms with Gasteiger partial charge in [-0.3, -0.25) is 20.0 Å². The predicted octanol–water partition coefficient (Wildman–Crippen LogP) is 4.05. The molecule has 0 radical (unpaired) electrons. The Morgan fingerprint density at radius 2 is 1.70 bits per heavy atom. The Labute approximate surface area is 189 Å². The highest BCUT2D eigenvalue weighted by molar-refractivity contribution is 6.08. The Hall–Kier alpha value is -4.46. The van der Waals surface area contributed by atoms with Crippen molar-refractivity contribution in [2.24, 2.45) is 0 Å². The Kier molecular flexibility index (Phi) is 5.10. The van der Waals surface area contributed by atoms with E-state index in [1.807, 2.05) is 42.5 Å². The highest BCUT2D eigenvalue weighted by atomic mass is 16.2. The third-order valence-electron chi connectivity index (χ3n) is 5.68. The number of hydrogen-bond donors (Lipinski definition) is 3. The lowest BCUT2D eigenvalue weighted by molar-refractivity contribution is -0.114. The van der Waals surface area contributed by atoms with Gasteiger partial charge in [-0.15, -0.1) is 0 Å². The van der Waals surface area contributed by atoms with E-state index in [2.05, 4.69) is 20.8 Å². The summed E-state index contributed by atoms with van der Waals surface area (Å²) in [6.07, 6.45) is 0. The number of amides is 4. The number of benzene rings is 3. The number of urea groups is 1. The van der Waals surface area contributed by atoms with Crippen LogP contribution >= 0.6 is 0 Å². The minimum absolute atomic E-state index is 0.180. The number of carbonyl (C=O) groups is 3. The summed E-state index contributed by atoms with van der Waals surface area (Å²) in [5.74, 6) is -0.628. The molecule has 0 saturated heterocycles. The second-order valence-electron chi connectivity index (χ2n) is 7.90. The molecule has 0 fully saturated rings. The van der Waals surface area contributed by atoms with E-state index in [0.29, 0.717) is 30.0 Å². The van der Waals surface area contributed by atoms with E-state index in [1.165, 1.54) is 6.92 Å². The number of anilines is 1. The van der Waals surface area contributed by atoms with E-state index in [1.54, 1.807) is 29.2 Å². The first kappa shape index (κ1) is 20.4. The van der Waals surface area contributed by atoms with Crippen molar-refractivity contribution >= 4 is 34.3 Å². The predicted molar refractivity (Wildman–Crippen MR) is 124 cm³/mol. The van der Waals surface area contributed by atoms with E-state index in [-0.39, 0.29) is 5.91 Å². The number of hydrogen-bond acceptors (Lipinski definition) is 4. The van der Waals surface area contributed by atoms with E-state index >= 15 is 0 Å². The zero-order valence-corrected chi connectivity index (χ0v) is 17.9. The van der Waals surface area contributed by atoms with Crippen LogP contribution in [0.4, 0.5) is 10.5 Å². The molecule has 1 aromatic heterocycles. The molecule has 4 aromatic rings. The number of rotatable bonds is 3. The van der Waals surface area contributed by atoms with Gasteiger partial charge in [-0.05, 0) is 23.6 Å². The summed E-state index contributed by atoms with van der Waals surface area (Å²) < 4.78 is 0. The van der Waals surface area contributed by atoms with Crippen LogP contribution in [-0.2, 0) is 17.9 Å². The van der Waals surface area contributed by atoms with Gasteiger partial charge >= 0.3 is 6.03 Å². The van der Waals surface area contributed by atoms with Gasteiger partial charge in [0.15, 0.2) is 0 Å². The molecule has 0 spiro atoms. The molecule has 0 atom stereocenters. The molecule has 3 aromatic carbocycles. The minimum Gasteiger partial charge on any atom is -0.325 e. The maximum atomic E-state index is 12.7. The summed E-state index contributed by atoms with van der Waals surface area (Å²) in [4.78, 5) is 38.6. The molecule has 0 bridgehead atoms. The van der Waals surface area contributed by atoms with Crippen LogP contribution in [0.2, 0.25) is 0 Å². The van der Waals surface area contributed by atoms with Crippen LogP contribution in [0.5, 0.6) is 0 Å². The molecule has 5 rings (SSSR count). The Balaban J connectivity index is 1.43. The van der Waals surface area contributed by atoms with Crippen molar-refractivity contribution in [1.82, 2.24) is 20.4 Å². The van der Waals surface area contributed by atoms with Gasteiger partial charge in [0.05, 0.1) is 30.2 Å². The van der Waals surface area contributed by atoms with E-state index in [4.69, 9.17) is 0 Å². The van der Waals surface area contributed by atoms with E-state index in [9.17, 15) is 14.4 Å². The molecular formula is C25H21N5O3. The number of aromatic amines is 1. The maximum Gasteiger partial charge on any atom is 0.324 e. The van der Waals surface area contributed by atoms with Gasteiger partial charge in [-0.1, -0.05) is 48.5 Å². The highest BCUT2D eigenvalue weighted by Crippen LogP contribution is 2.38. The highest BCUT2D eigenvalue weighted by Gasteiger charge is 2.30. The molecule has 164 valence electrons. The average Bonchev–Trinajstić information content (AvgIpc) is 3.41. The maximum absolute atomic E-state index is 12.7. The summed E-state index contributed by atoms with van der Waals surface area (Å²) in [5, 5.41) is 14.8. The largest absolute Gasteiger partial charge is 0.325 e. The van der Waals surface area contributed by atoms with Crippen LogP contribution in [0.25, 0.3) is 22.0 Å². The lowest BCUT2D eigenvalue weighted by atomic mass is 9.99. The fourth-order valence-corrected chi connectivity index (χ4v) is 4.12. The SMILES string of the molecule is CC(=O)Nc1c(-c2n[nH]c3c2CN(C(=O)NC(=O)c2ccccc2)C3)ccc2ccccc12. The van der Waals surface area contributed by atoms with Crippen LogP contribution in [0.15, 0.2) is 66.7 Å². The van der Waals surface area contributed by atoms with E-state index in [0.717, 1.165) is 27.6 Å². The van der Waals surface area contributed by atoms with Gasteiger partial charge in [-0.25, -0.2) is 4.79 Å². The lowest BCUT2D eigenvalue weighted by Gasteiger charge is -2.17. The molecule has 0 unspecified atom stereocenters. The molecule has 3 N–H and O–H groups in total. The average molecular weight is 439 g/mol. The van der Waals surface area contributed by atoms with Crippen molar-refractivity contribution in [3.8, 4) is 11.3 Å². The molecule has 1 aliphatic heterocycles. The molecule has 8 nitrogen and oxygen atoms in total. The molecule has 4 amide bonds. The van der Waals surface area contributed by atoms with Crippen molar-refractivity contribution in [3.05, 3.63) is 83.6 Å². The van der Waals surface area contributed by atoms with Gasteiger partial charge in [-0.2, -0.15) is 5.10 Å². The van der Waals surface area contributed by atoms with E-state index < -0.39 is 11.9 Å². The van der Waals surface area contributed by atoms with Crippen molar-refractivity contribution in [3.63, 3.8) is 0 Å². The summed E-state index contributed by atoms with van der Waals surface area (Å²) in [6, 6.07) is 19.8. The van der Waals surface area contributed by atoms with Gasteiger partial charge < -0.3 is 10.2 Å². The summed E-state index contributed by atoms with van der Waals surface area (Å²) in [5.41, 5.74) is 4.20. The number of H-pyrrole nitrogens is 1. The minimum atomic E-state index is -0.472. The van der Waals surface area contributed by atoms with Gasteiger partial charge in [0.2, 0.25) is 5.91 Å². The number of carbonyl (C=O) groups excluding carboxylic acids is 3. The molecular weight excluding hydrogens is 418 g/mol. The standard InChI is InChI=1S/C25H21N5O3/c1-15(31)26-22-18-10-6-5-7-16(18)11-12-19(22)23-20-13-30(14-21(20)28-29-23)25(33)27-24(32)17-8-3-2-4-9-17/h2-12H,13-14H2,1H3,(H,26,31)(H,28,29)(H,27,32,33). The summed E-state index contributed by atoms with van der Waals surface area (Å²) in [7, 11) is 0. The first-order chi connectivity index (χ1) is 16.0. The first-order valence-corrected chi connectivity index (χ1v) is 10.5. The first-order valence-electron chi connectivity index (χ1n) is 10.5. The number of nitrogens with zero attached hydrogens (tertiary/aromatic N) is 2. The Morgan fingerprint density at radius 1 is 0.939 bits per heavy atom. The Bertz CT molecular complexity index is 1390. The summed E-state index contributed by atoms with van der Waals surface area (Å²) in [6.45, 7) is 2.07. The quantitative estimate of drug-likeness (QED) is 0.448. The van der Waals surface area contributed by atoms with Gasteiger partial charge in [0.25, 0.3) is 5.91 Å². The molecule has 0 aliphatic carbocycles. The fourth-order valence-electron chi connectivity index (χ4n) is 4.12. The van der Waals surface area contributed by atoms with Crippen LogP contribution in [-0.4, -0.2) is 32.9 Å². The Morgan fingerprint density at radius 3 is 2.48 bits per heavy atom. The monoisotopic (exact) mass is 439 g/mol. The number of nitrogens with one attached hydrogen (secondary N) is 3. The van der Waals surface area contributed by atoms with Crippen LogP contribution in [0, 0.1) is 0 Å². The van der Waals surface area contributed by atoms with Crippen molar-refractivity contribution in [1.29, 1.82) is 0 Å². The summed E-state index contributed by atoms with van der Waals surface area (Å²) >= 11 is 0. The second kappa shape index (κ2) is 8.23. The third-order valence-corrected chi connectivity index (χ3v) is 5.68. The second-order valence-corrected chi connectivity index (χ2v) is 7.90. The van der Waals surface area contributed by atoms with Crippen molar-refractivity contribution < 1.29 is 14.4 Å². The topological polar surface area (TPSA) is 107 Å². The number of fused-ring (bicyclic) bond motifs is 2. The van der Waals surface area contributed by atoms with Gasteiger partial charge in [0, 0.05) is 29.0 Å². The van der Waals surface area contributed by atoms with Crippen molar-refractivity contribution in [2.45, 2.75) is 20.0 Å². The van der Waals surface area contributed by atoms with Crippen LogP contribution in [0.3, 0.4) is 0 Å². The smallest absolute Gasteiger partial charge is 0.324 e. The molecule has 33 heavy (non-hydrogen) atoms. The zero-order valence-electron chi connectivity index (χ0n) is 17.9. The van der Waals surface area contributed by atoms with Crippen LogP contribution in [0.1, 0.15) is 28.5 Å². The molecule has 2 heterocycles. The number of aromatic nitrogens is 2. The normalized spacial score (nSPS) is 12.5. The molecule has 1 aliphatic rings. The van der Waals surface area contributed by atoms with Gasteiger partial charge in [0.1, 0.15) is 0 Å². The molecule has 8 heteroatoms.